The van der Waals surface area contributed by atoms with Gasteiger partial charge in [0, 0.05) is 28.8 Å². The van der Waals surface area contributed by atoms with Crippen molar-refractivity contribution in [1.29, 1.82) is 0 Å². The van der Waals surface area contributed by atoms with Crippen LogP contribution in [0.15, 0.2) is 53.6 Å². The third kappa shape index (κ3) is 4.80. The minimum Gasteiger partial charge on any atom is -0.396 e. The van der Waals surface area contributed by atoms with Gasteiger partial charge in [-0.2, -0.15) is 0 Å². The third-order valence-corrected chi connectivity index (χ3v) is 7.76. The lowest BCUT2D eigenvalue weighted by Gasteiger charge is -2.29. The highest BCUT2D eigenvalue weighted by Gasteiger charge is 2.34. The summed E-state index contributed by atoms with van der Waals surface area (Å²) in [6, 6.07) is 7.19. The number of aromatic nitrogens is 1. The molecule has 0 fully saturated rings. The van der Waals surface area contributed by atoms with E-state index in [1.54, 1.807) is 13.1 Å². The molecule has 10 heteroatoms. The van der Waals surface area contributed by atoms with Gasteiger partial charge in [0.15, 0.2) is 0 Å². The standard InChI is InChI=1S/C20H19ClF2N2O3S2/c1-13(20-24-12-16(29-20)3-2-10-26)25(19-11-15(22)6-9-18(19)23)30(27,28)17-7-4-14(21)5-8-17/h4-9,11-13,26H,2-3,10H2,1H3. The zero-order chi connectivity index (χ0) is 21.9. The number of aliphatic hydroxyl groups excluding tert-OH is 1. The normalized spacial score (nSPS) is 12.7. The lowest BCUT2D eigenvalue weighted by Crippen LogP contribution is -2.34. The molecule has 0 aliphatic heterocycles. The maximum absolute atomic E-state index is 14.6. The number of anilines is 1. The predicted octanol–water partition coefficient (Wildman–Crippen LogP) is 4.96. The summed E-state index contributed by atoms with van der Waals surface area (Å²) in [5, 5.41) is 9.77. The highest BCUT2D eigenvalue weighted by atomic mass is 35.5. The number of aryl methyl sites for hydroxylation is 1. The Bertz CT molecular complexity index is 1120. The fraction of sp³-hybridized carbons (Fsp3) is 0.250. The molecule has 3 rings (SSSR count). The van der Waals surface area contributed by atoms with Crippen LogP contribution < -0.4 is 4.31 Å². The van der Waals surface area contributed by atoms with Crippen molar-refractivity contribution in [2.45, 2.75) is 30.7 Å². The van der Waals surface area contributed by atoms with E-state index in [1.165, 1.54) is 35.6 Å². The van der Waals surface area contributed by atoms with Crippen molar-refractivity contribution < 1.29 is 22.3 Å². The van der Waals surface area contributed by atoms with Crippen LogP contribution in [0, 0.1) is 11.6 Å². The first-order valence-electron chi connectivity index (χ1n) is 9.04. The van der Waals surface area contributed by atoms with E-state index >= 15 is 0 Å². The Morgan fingerprint density at radius 1 is 1.20 bits per heavy atom. The van der Waals surface area contributed by atoms with Crippen molar-refractivity contribution >= 4 is 38.6 Å². The van der Waals surface area contributed by atoms with Crippen molar-refractivity contribution in [3.05, 3.63) is 75.2 Å². The van der Waals surface area contributed by atoms with Gasteiger partial charge in [0.2, 0.25) is 0 Å². The molecule has 0 aliphatic rings. The Kier molecular flexibility index (Phi) is 7.07. The fourth-order valence-electron chi connectivity index (χ4n) is 2.91. The summed E-state index contributed by atoms with van der Waals surface area (Å²) in [7, 11) is -4.27. The number of hydrogen-bond acceptors (Lipinski definition) is 5. The molecule has 30 heavy (non-hydrogen) atoms. The summed E-state index contributed by atoms with van der Waals surface area (Å²) in [5.41, 5.74) is -0.412. The molecule has 1 aromatic heterocycles. The quantitative estimate of drug-likeness (QED) is 0.503. The first-order chi connectivity index (χ1) is 14.2. The van der Waals surface area contributed by atoms with Crippen molar-refractivity contribution in [3.63, 3.8) is 0 Å². The predicted molar refractivity (Wildman–Crippen MR) is 113 cm³/mol. The molecule has 2 aromatic carbocycles. The van der Waals surface area contributed by atoms with E-state index < -0.39 is 33.4 Å². The monoisotopic (exact) mass is 472 g/mol. The molecule has 0 bridgehead atoms. The van der Waals surface area contributed by atoms with Gasteiger partial charge in [0.1, 0.15) is 16.6 Å². The lowest BCUT2D eigenvalue weighted by atomic mass is 10.2. The Labute approximate surface area is 182 Å². The van der Waals surface area contributed by atoms with Crippen LogP contribution in [-0.4, -0.2) is 25.1 Å². The summed E-state index contributed by atoms with van der Waals surface area (Å²) in [4.78, 5) is 5.03. The first-order valence-corrected chi connectivity index (χ1v) is 11.7. The molecule has 0 radical (unpaired) electrons. The van der Waals surface area contributed by atoms with Crippen molar-refractivity contribution in [2.75, 3.05) is 10.9 Å². The zero-order valence-corrected chi connectivity index (χ0v) is 18.3. The van der Waals surface area contributed by atoms with Crippen LogP contribution >= 0.6 is 22.9 Å². The Morgan fingerprint density at radius 2 is 1.90 bits per heavy atom. The second kappa shape index (κ2) is 9.38. The highest BCUT2D eigenvalue weighted by molar-refractivity contribution is 7.92. The Hall–Kier alpha value is -2.07. The first kappa shape index (κ1) is 22.6. The number of aliphatic hydroxyl groups is 1. The van der Waals surface area contributed by atoms with Crippen molar-refractivity contribution in [1.82, 2.24) is 4.98 Å². The molecule has 1 unspecified atom stereocenters. The molecule has 0 spiro atoms. The van der Waals surface area contributed by atoms with Crippen molar-refractivity contribution in [3.8, 4) is 0 Å². The van der Waals surface area contributed by atoms with E-state index in [0.717, 1.165) is 27.4 Å². The summed E-state index contributed by atoms with van der Waals surface area (Å²) in [6.45, 7) is 1.58. The summed E-state index contributed by atoms with van der Waals surface area (Å²) in [5.74, 6) is -1.64. The summed E-state index contributed by atoms with van der Waals surface area (Å²) >= 11 is 7.13. The summed E-state index contributed by atoms with van der Waals surface area (Å²) in [6.07, 6.45) is 2.72. The fourth-order valence-corrected chi connectivity index (χ4v) is 5.72. The average molecular weight is 473 g/mol. The molecule has 1 atom stereocenters. The smallest absolute Gasteiger partial charge is 0.265 e. The van der Waals surface area contributed by atoms with Crippen LogP contribution in [0.5, 0.6) is 0 Å². The van der Waals surface area contributed by atoms with Gasteiger partial charge in [-0.3, -0.25) is 4.31 Å². The number of thiazole rings is 1. The minimum atomic E-state index is -4.27. The SMILES string of the molecule is CC(c1ncc(CCCO)s1)N(c1cc(F)ccc1F)S(=O)(=O)c1ccc(Cl)cc1. The minimum absolute atomic E-state index is 0.0222. The molecule has 0 amide bonds. The molecule has 5 nitrogen and oxygen atoms in total. The summed E-state index contributed by atoms with van der Waals surface area (Å²) < 4.78 is 56.3. The molecule has 1 heterocycles. The van der Waals surface area contributed by atoms with Gasteiger partial charge in [0.25, 0.3) is 10.0 Å². The number of benzene rings is 2. The van der Waals surface area contributed by atoms with Gasteiger partial charge in [-0.15, -0.1) is 11.3 Å². The van der Waals surface area contributed by atoms with Crippen LogP contribution in [0.4, 0.5) is 14.5 Å². The van der Waals surface area contributed by atoms with Gasteiger partial charge < -0.3 is 5.11 Å². The van der Waals surface area contributed by atoms with E-state index in [2.05, 4.69) is 4.98 Å². The molecular weight excluding hydrogens is 454 g/mol. The zero-order valence-electron chi connectivity index (χ0n) is 15.9. The van der Waals surface area contributed by atoms with E-state index in [0.29, 0.717) is 22.9 Å². The van der Waals surface area contributed by atoms with Gasteiger partial charge in [-0.1, -0.05) is 11.6 Å². The number of rotatable bonds is 8. The Morgan fingerprint density at radius 3 is 2.57 bits per heavy atom. The van der Waals surface area contributed by atoms with Crippen molar-refractivity contribution in [2.24, 2.45) is 0 Å². The van der Waals surface area contributed by atoms with Crippen LogP contribution in [0.2, 0.25) is 5.02 Å². The van der Waals surface area contributed by atoms with Crippen LogP contribution in [0.3, 0.4) is 0 Å². The second-order valence-electron chi connectivity index (χ2n) is 6.52. The van der Waals surface area contributed by atoms with Gasteiger partial charge >= 0.3 is 0 Å². The van der Waals surface area contributed by atoms with Crippen LogP contribution in [0.25, 0.3) is 0 Å². The number of halogens is 3. The topological polar surface area (TPSA) is 70.5 Å². The molecule has 0 saturated carbocycles. The van der Waals surface area contributed by atoms with Crippen LogP contribution in [-0.2, 0) is 16.4 Å². The maximum atomic E-state index is 14.6. The van der Waals surface area contributed by atoms with Gasteiger partial charge in [0.05, 0.1) is 16.6 Å². The Balaban J connectivity index is 2.11. The number of nitrogens with zero attached hydrogens (tertiary/aromatic N) is 2. The van der Waals surface area contributed by atoms with E-state index in [-0.39, 0.29) is 11.5 Å². The molecular formula is C20H19ClF2N2O3S2. The highest BCUT2D eigenvalue weighted by Crippen LogP contribution is 2.37. The molecule has 1 N–H and O–H groups in total. The van der Waals surface area contributed by atoms with Crippen LogP contribution in [0.1, 0.15) is 29.3 Å². The molecule has 3 aromatic rings. The van der Waals surface area contributed by atoms with E-state index in [4.69, 9.17) is 16.7 Å². The number of sulfonamides is 1. The maximum Gasteiger partial charge on any atom is 0.265 e. The average Bonchev–Trinajstić information content (AvgIpc) is 3.18. The molecule has 0 aliphatic carbocycles. The molecule has 0 saturated heterocycles. The molecule has 160 valence electrons. The second-order valence-corrected chi connectivity index (χ2v) is 9.92. The van der Waals surface area contributed by atoms with Gasteiger partial charge in [-0.05, 0) is 56.2 Å². The van der Waals surface area contributed by atoms with E-state index in [1.807, 2.05) is 0 Å². The number of hydrogen-bond donors (Lipinski definition) is 1. The largest absolute Gasteiger partial charge is 0.396 e. The van der Waals surface area contributed by atoms with Gasteiger partial charge in [-0.25, -0.2) is 22.2 Å². The van der Waals surface area contributed by atoms with E-state index in [9.17, 15) is 17.2 Å². The lowest BCUT2D eigenvalue weighted by molar-refractivity contribution is 0.289. The third-order valence-electron chi connectivity index (χ3n) is 4.38.